The number of hydrogen-bond acceptors (Lipinski definition) is 7. The molecule has 0 aliphatic carbocycles. The fraction of sp³-hybridized carbons (Fsp3) is 0.977. The monoisotopic (exact) mass is 762 g/mol. The summed E-state index contributed by atoms with van der Waals surface area (Å²) in [5.41, 5.74) is 0. The van der Waals surface area contributed by atoms with Gasteiger partial charge in [-0.3, -0.25) is 9.36 Å². The number of rotatable bonds is 41. The average Bonchev–Trinajstić information content (AvgIpc) is 3.13. The largest absolute Gasteiger partial charge is 0.466 e. The maximum atomic E-state index is 12.0. The third-order valence-corrected chi connectivity index (χ3v) is 11.1. The van der Waals surface area contributed by atoms with Crippen molar-refractivity contribution >= 4 is 13.6 Å². The van der Waals surface area contributed by atoms with Crippen LogP contribution in [0.4, 0.5) is 0 Å². The summed E-state index contributed by atoms with van der Waals surface area (Å²) in [6, 6.07) is 0. The predicted molar refractivity (Wildman–Crippen MR) is 226 cm³/mol. The molecule has 0 atom stereocenters. The van der Waals surface area contributed by atoms with Gasteiger partial charge in [0.2, 0.25) is 0 Å². The van der Waals surface area contributed by atoms with E-state index in [0.717, 1.165) is 64.6 Å². The average molecular weight is 762 g/mol. The van der Waals surface area contributed by atoms with E-state index in [2.05, 4.69) is 32.6 Å². The molecule has 0 unspecified atom stereocenters. The molecular weight excluding hydrogens is 669 g/mol. The Hall–Kier alpha value is -0.460. The van der Waals surface area contributed by atoms with Crippen LogP contribution in [0.15, 0.2) is 0 Å². The van der Waals surface area contributed by atoms with E-state index < -0.39 is 7.60 Å². The van der Waals surface area contributed by atoms with Crippen molar-refractivity contribution in [3.05, 3.63) is 0 Å². The summed E-state index contributed by atoms with van der Waals surface area (Å²) in [5.74, 6) is -0.0148. The first-order chi connectivity index (χ1) is 25.4. The van der Waals surface area contributed by atoms with Crippen LogP contribution in [-0.4, -0.2) is 68.7 Å². The minimum atomic E-state index is -2.82. The zero-order chi connectivity index (χ0) is 38.6. The van der Waals surface area contributed by atoms with E-state index in [9.17, 15) is 14.5 Å². The van der Waals surface area contributed by atoms with Crippen LogP contribution in [0.2, 0.25) is 0 Å². The molecule has 0 bridgehead atoms. The van der Waals surface area contributed by atoms with E-state index in [1.807, 2.05) is 0 Å². The van der Waals surface area contributed by atoms with E-state index in [-0.39, 0.29) is 12.6 Å². The Morgan fingerprint density at radius 3 is 1.17 bits per heavy atom. The Morgan fingerprint density at radius 1 is 0.462 bits per heavy atom. The summed E-state index contributed by atoms with van der Waals surface area (Å²) in [4.78, 5) is 14.2. The summed E-state index contributed by atoms with van der Waals surface area (Å²) in [6.07, 6.45) is 37.5. The number of esters is 1. The minimum absolute atomic E-state index is 0.0148. The molecule has 0 radical (unpaired) electrons. The first-order valence-electron chi connectivity index (χ1n) is 22.7. The standard InChI is InChI=1S/C27H55NO3.C17H37O3P/c1-3-5-7-9-11-16-20-26-31-27(30)21-17-13-12-15-19-23-28(24-25-29)22-18-14-10-8-6-4-2;1-4-6-8-10-12-14-16-19-21(3,18)20-17-15-13-11-9-7-5-2/h29H,3-26H2,1-2H3;4-17H2,1-3H3. The van der Waals surface area contributed by atoms with Gasteiger partial charge in [0.15, 0.2) is 0 Å². The van der Waals surface area contributed by atoms with E-state index in [4.69, 9.17) is 13.8 Å². The minimum Gasteiger partial charge on any atom is -0.466 e. The highest BCUT2D eigenvalue weighted by Gasteiger charge is 2.16. The van der Waals surface area contributed by atoms with Crippen molar-refractivity contribution < 1.29 is 28.3 Å². The smallest absolute Gasteiger partial charge is 0.327 e. The zero-order valence-corrected chi connectivity index (χ0v) is 36.6. The molecular formula is C44H92NO6P. The molecule has 8 heteroatoms. The van der Waals surface area contributed by atoms with Crippen LogP contribution in [0.25, 0.3) is 0 Å². The van der Waals surface area contributed by atoms with Crippen LogP contribution in [0, 0.1) is 0 Å². The van der Waals surface area contributed by atoms with Crippen molar-refractivity contribution in [3.8, 4) is 0 Å². The zero-order valence-electron chi connectivity index (χ0n) is 35.8. The highest BCUT2D eigenvalue weighted by molar-refractivity contribution is 7.52. The highest BCUT2D eigenvalue weighted by atomic mass is 31.2. The molecule has 0 aliphatic rings. The molecule has 1 N–H and O–H groups in total. The van der Waals surface area contributed by atoms with E-state index >= 15 is 0 Å². The van der Waals surface area contributed by atoms with Gasteiger partial charge in [-0.1, -0.05) is 182 Å². The fourth-order valence-corrected chi connectivity index (χ4v) is 7.30. The Balaban J connectivity index is 0. The first kappa shape index (κ1) is 53.6. The van der Waals surface area contributed by atoms with Crippen molar-refractivity contribution in [3.63, 3.8) is 0 Å². The number of aliphatic hydroxyl groups excluding tert-OH is 1. The van der Waals surface area contributed by atoms with Crippen LogP contribution in [0.5, 0.6) is 0 Å². The van der Waals surface area contributed by atoms with Crippen molar-refractivity contribution in [2.75, 3.05) is 52.7 Å². The normalized spacial score (nSPS) is 11.6. The molecule has 7 nitrogen and oxygen atoms in total. The Kier molecular flexibility index (Phi) is 46.4. The number of carbonyl (C=O) groups excluding carboxylic acids is 1. The summed E-state index contributed by atoms with van der Waals surface area (Å²) >= 11 is 0. The quantitative estimate of drug-likeness (QED) is 0.0377. The summed E-state index contributed by atoms with van der Waals surface area (Å²) in [6.45, 7) is 15.6. The first-order valence-corrected chi connectivity index (χ1v) is 24.7. The molecule has 0 aromatic rings. The van der Waals surface area contributed by atoms with E-state index in [1.54, 1.807) is 6.66 Å². The van der Waals surface area contributed by atoms with Gasteiger partial charge in [0, 0.05) is 19.6 Å². The van der Waals surface area contributed by atoms with Gasteiger partial charge in [-0.2, -0.15) is 0 Å². The summed E-state index contributed by atoms with van der Waals surface area (Å²) in [5, 5.41) is 9.28. The third-order valence-electron chi connectivity index (χ3n) is 9.76. The Labute approximate surface area is 325 Å². The van der Waals surface area contributed by atoms with Gasteiger partial charge in [0.1, 0.15) is 0 Å². The van der Waals surface area contributed by atoms with Gasteiger partial charge in [0.25, 0.3) is 0 Å². The maximum Gasteiger partial charge on any atom is 0.327 e. The Morgan fingerprint density at radius 2 is 0.788 bits per heavy atom. The number of ether oxygens (including phenoxy) is 1. The van der Waals surface area contributed by atoms with Crippen molar-refractivity contribution in [2.45, 2.75) is 227 Å². The molecule has 0 spiro atoms. The van der Waals surface area contributed by atoms with Gasteiger partial charge in [-0.15, -0.1) is 0 Å². The van der Waals surface area contributed by atoms with Crippen LogP contribution in [0.3, 0.4) is 0 Å². The topological polar surface area (TPSA) is 85.3 Å². The molecule has 0 fully saturated rings. The van der Waals surface area contributed by atoms with Crippen LogP contribution in [0.1, 0.15) is 227 Å². The van der Waals surface area contributed by atoms with Crippen LogP contribution >= 0.6 is 7.60 Å². The molecule has 0 aliphatic heterocycles. The van der Waals surface area contributed by atoms with Crippen LogP contribution in [-0.2, 0) is 23.1 Å². The maximum absolute atomic E-state index is 12.0. The molecule has 0 amide bonds. The van der Waals surface area contributed by atoms with Gasteiger partial charge in [0.05, 0.1) is 26.4 Å². The van der Waals surface area contributed by atoms with Gasteiger partial charge < -0.3 is 23.8 Å². The lowest BCUT2D eigenvalue weighted by atomic mass is 10.1. The summed E-state index contributed by atoms with van der Waals surface area (Å²) < 4.78 is 28.2. The van der Waals surface area contributed by atoms with Crippen molar-refractivity contribution in [1.29, 1.82) is 0 Å². The second-order valence-electron chi connectivity index (χ2n) is 15.2. The Bertz CT molecular complexity index is 718. The van der Waals surface area contributed by atoms with Gasteiger partial charge >= 0.3 is 13.6 Å². The highest BCUT2D eigenvalue weighted by Crippen LogP contribution is 2.44. The lowest BCUT2D eigenvalue weighted by molar-refractivity contribution is -0.143. The SMILES string of the molecule is CCCCCCCCCOC(=O)CCCCCCCN(CCO)CCCCCCCC.CCCCCCCCOP(C)(=O)OCCCCCCCC. The number of aliphatic hydroxyl groups is 1. The third kappa shape index (κ3) is 45.7. The number of nitrogens with zero attached hydrogens (tertiary/aromatic N) is 1. The molecule has 0 saturated carbocycles. The predicted octanol–water partition coefficient (Wildman–Crippen LogP) is 13.8. The molecule has 0 aromatic heterocycles. The molecule has 52 heavy (non-hydrogen) atoms. The number of unbranched alkanes of at least 4 members (excludes halogenated alkanes) is 25. The van der Waals surface area contributed by atoms with Gasteiger partial charge in [-0.25, -0.2) is 0 Å². The van der Waals surface area contributed by atoms with Crippen molar-refractivity contribution in [1.82, 2.24) is 4.90 Å². The molecule has 0 heterocycles. The lowest BCUT2D eigenvalue weighted by Gasteiger charge is -2.21. The fourth-order valence-electron chi connectivity index (χ4n) is 6.31. The lowest BCUT2D eigenvalue weighted by Crippen LogP contribution is -2.29. The second-order valence-corrected chi connectivity index (χ2v) is 17.2. The van der Waals surface area contributed by atoms with Gasteiger partial charge in [-0.05, 0) is 51.6 Å². The number of carbonyl (C=O) groups is 1. The molecule has 0 aromatic carbocycles. The van der Waals surface area contributed by atoms with E-state index in [1.165, 1.54) is 148 Å². The molecule has 314 valence electrons. The number of hydrogen-bond donors (Lipinski definition) is 1. The molecule has 0 saturated heterocycles. The summed E-state index contributed by atoms with van der Waals surface area (Å²) in [7, 11) is -2.82. The van der Waals surface area contributed by atoms with Crippen molar-refractivity contribution in [2.24, 2.45) is 0 Å². The van der Waals surface area contributed by atoms with Crippen LogP contribution < -0.4 is 0 Å². The molecule has 0 rings (SSSR count). The van der Waals surface area contributed by atoms with E-state index in [0.29, 0.717) is 26.2 Å². The second kappa shape index (κ2) is 44.9.